The van der Waals surface area contributed by atoms with E-state index < -0.39 is 0 Å². The molecule has 0 aliphatic heterocycles. The Balaban J connectivity index is 2.30. The zero-order valence-electron chi connectivity index (χ0n) is 9.46. The summed E-state index contributed by atoms with van der Waals surface area (Å²) in [5.41, 5.74) is 1.71. The van der Waals surface area contributed by atoms with Crippen molar-refractivity contribution in [2.75, 3.05) is 12.9 Å². The van der Waals surface area contributed by atoms with Crippen LogP contribution in [0, 0.1) is 0 Å². The first-order valence-electron chi connectivity index (χ1n) is 5.27. The van der Waals surface area contributed by atoms with E-state index in [9.17, 15) is 0 Å². The number of pyridine rings is 1. The highest BCUT2D eigenvalue weighted by atomic mass is 32.2. The summed E-state index contributed by atoms with van der Waals surface area (Å²) in [4.78, 5) is 4.28. The third-order valence-corrected chi connectivity index (χ3v) is 2.79. The second kappa shape index (κ2) is 5.79. The van der Waals surface area contributed by atoms with Crippen molar-refractivity contribution in [1.29, 1.82) is 0 Å². The molecule has 5 nitrogen and oxygen atoms in total. The summed E-state index contributed by atoms with van der Waals surface area (Å²) in [6.45, 7) is 0.149. The number of aliphatic hydroxyl groups is 1. The lowest BCUT2D eigenvalue weighted by Gasteiger charge is -2.03. The molecule has 0 spiro atoms. The number of rotatable bonds is 5. The molecule has 0 amide bonds. The Morgan fingerprint density at radius 3 is 3.00 bits per heavy atom. The SMILES string of the molecule is CSc1nnc(-c2cccnc2CCCO)o1. The molecular formula is C11H13N3O2S. The van der Waals surface area contributed by atoms with Crippen LogP contribution in [0.4, 0.5) is 0 Å². The van der Waals surface area contributed by atoms with Gasteiger partial charge in [0.2, 0.25) is 0 Å². The molecule has 0 radical (unpaired) electrons. The fourth-order valence-corrected chi connectivity index (χ4v) is 1.76. The molecule has 90 valence electrons. The molecule has 2 heterocycles. The molecule has 0 aromatic carbocycles. The summed E-state index contributed by atoms with van der Waals surface area (Å²) in [6, 6.07) is 3.73. The number of hydrogen-bond acceptors (Lipinski definition) is 6. The van der Waals surface area contributed by atoms with Crippen LogP contribution in [0.3, 0.4) is 0 Å². The number of thioether (sulfide) groups is 1. The van der Waals surface area contributed by atoms with E-state index in [2.05, 4.69) is 15.2 Å². The molecule has 2 aromatic heterocycles. The summed E-state index contributed by atoms with van der Waals surface area (Å²) in [5.74, 6) is 0.482. The predicted molar refractivity (Wildman–Crippen MR) is 64.7 cm³/mol. The fraction of sp³-hybridized carbons (Fsp3) is 0.364. The highest BCUT2D eigenvalue weighted by Gasteiger charge is 2.12. The maximum atomic E-state index is 8.85. The van der Waals surface area contributed by atoms with Crippen molar-refractivity contribution >= 4 is 11.8 Å². The molecule has 0 fully saturated rings. The van der Waals surface area contributed by atoms with Gasteiger partial charge < -0.3 is 9.52 Å². The van der Waals surface area contributed by atoms with Crippen LogP contribution in [0.15, 0.2) is 28.0 Å². The molecule has 0 atom stereocenters. The second-order valence-electron chi connectivity index (χ2n) is 3.40. The summed E-state index contributed by atoms with van der Waals surface area (Å²) < 4.78 is 5.48. The van der Waals surface area contributed by atoms with E-state index in [4.69, 9.17) is 9.52 Å². The van der Waals surface area contributed by atoms with Crippen LogP contribution in [0.1, 0.15) is 12.1 Å². The van der Waals surface area contributed by atoms with Gasteiger partial charge in [-0.15, -0.1) is 10.2 Å². The third-order valence-electron chi connectivity index (χ3n) is 2.27. The van der Waals surface area contributed by atoms with E-state index in [0.29, 0.717) is 24.0 Å². The Morgan fingerprint density at radius 1 is 1.41 bits per heavy atom. The second-order valence-corrected chi connectivity index (χ2v) is 4.16. The Bertz CT molecular complexity index is 487. The quantitative estimate of drug-likeness (QED) is 0.817. The van der Waals surface area contributed by atoms with E-state index in [1.54, 1.807) is 6.20 Å². The van der Waals surface area contributed by atoms with Crippen molar-refractivity contribution in [2.45, 2.75) is 18.1 Å². The zero-order chi connectivity index (χ0) is 12.1. The van der Waals surface area contributed by atoms with Gasteiger partial charge in [0.05, 0.1) is 11.3 Å². The van der Waals surface area contributed by atoms with Crippen molar-refractivity contribution in [2.24, 2.45) is 0 Å². The van der Waals surface area contributed by atoms with E-state index >= 15 is 0 Å². The highest BCUT2D eigenvalue weighted by Crippen LogP contribution is 2.24. The van der Waals surface area contributed by atoms with Gasteiger partial charge in [-0.05, 0) is 31.2 Å². The van der Waals surface area contributed by atoms with Crippen LogP contribution >= 0.6 is 11.8 Å². The van der Waals surface area contributed by atoms with Crippen molar-refractivity contribution in [3.8, 4) is 11.5 Å². The minimum Gasteiger partial charge on any atom is -0.411 e. The van der Waals surface area contributed by atoms with Crippen LogP contribution in [0.5, 0.6) is 0 Å². The van der Waals surface area contributed by atoms with Gasteiger partial charge in [-0.3, -0.25) is 4.98 Å². The molecule has 0 aliphatic rings. The van der Waals surface area contributed by atoms with Gasteiger partial charge in [0.25, 0.3) is 11.1 Å². The van der Waals surface area contributed by atoms with E-state index in [1.807, 2.05) is 18.4 Å². The lowest BCUT2D eigenvalue weighted by atomic mass is 10.1. The Kier molecular flexibility index (Phi) is 4.11. The van der Waals surface area contributed by atoms with E-state index in [0.717, 1.165) is 11.3 Å². The van der Waals surface area contributed by atoms with Gasteiger partial charge in [-0.2, -0.15) is 0 Å². The van der Waals surface area contributed by atoms with Crippen LogP contribution < -0.4 is 0 Å². The van der Waals surface area contributed by atoms with Gasteiger partial charge in [0, 0.05) is 12.8 Å². The average molecular weight is 251 g/mol. The Morgan fingerprint density at radius 2 is 2.29 bits per heavy atom. The number of aromatic nitrogens is 3. The summed E-state index contributed by atoms with van der Waals surface area (Å²) in [7, 11) is 0. The van der Waals surface area contributed by atoms with Crippen LogP contribution in [-0.2, 0) is 6.42 Å². The van der Waals surface area contributed by atoms with Gasteiger partial charge in [-0.25, -0.2) is 0 Å². The number of hydrogen-bond donors (Lipinski definition) is 1. The maximum absolute atomic E-state index is 8.85. The Hall–Kier alpha value is -1.40. The first-order valence-corrected chi connectivity index (χ1v) is 6.50. The molecule has 0 saturated heterocycles. The van der Waals surface area contributed by atoms with E-state index in [1.165, 1.54) is 11.8 Å². The van der Waals surface area contributed by atoms with Gasteiger partial charge >= 0.3 is 0 Å². The molecular weight excluding hydrogens is 238 g/mol. The lowest BCUT2D eigenvalue weighted by molar-refractivity contribution is 0.288. The van der Waals surface area contributed by atoms with Crippen molar-refractivity contribution in [1.82, 2.24) is 15.2 Å². The van der Waals surface area contributed by atoms with Crippen LogP contribution in [0.25, 0.3) is 11.5 Å². The van der Waals surface area contributed by atoms with Crippen molar-refractivity contribution in [3.63, 3.8) is 0 Å². The minimum absolute atomic E-state index is 0.149. The van der Waals surface area contributed by atoms with Crippen molar-refractivity contribution < 1.29 is 9.52 Å². The van der Waals surface area contributed by atoms with Gasteiger partial charge in [0.1, 0.15) is 0 Å². The molecule has 0 bridgehead atoms. The normalized spacial score (nSPS) is 10.7. The first kappa shape index (κ1) is 12.1. The molecule has 2 aromatic rings. The van der Waals surface area contributed by atoms with Crippen LogP contribution in [-0.4, -0.2) is 33.2 Å². The summed E-state index contributed by atoms with van der Waals surface area (Å²) in [5, 5.41) is 17.3. The van der Waals surface area contributed by atoms with Crippen molar-refractivity contribution in [3.05, 3.63) is 24.0 Å². The summed E-state index contributed by atoms with van der Waals surface area (Å²) >= 11 is 1.41. The highest BCUT2D eigenvalue weighted by molar-refractivity contribution is 7.98. The smallest absolute Gasteiger partial charge is 0.276 e. The lowest BCUT2D eigenvalue weighted by Crippen LogP contribution is -1.96. The zero-order valence-corrected chi connectivity index (χ0v) is 10.3. The molecule has 17 heavy (non-hydrogen) atoms. The maximum Gasteiger partial charge on any atom is 0.276 e. The third kappa shape index (κ3) is 2.83. The number of nitrogens with zero attached hydrogens (tertiary/aromatic N) is 3. The largest absolute Gasteiger partial charge is 0.411 e. The molecule has 6 heteroatoms. The fourth-order valence-electron chi connectivity index (χ4n) is 1.48. The van der Waals surface area contributed by atoms with Gasteiger partial charge in [-0.1, -0.05) is 11.8 Å². The molecule has 0 saturated carbocycles. The number of aryl methyl sites for hydroxylation is 1. The summed E-state index contributed by atoms with van der Waals surface area (Å²) in [6.07, 6.45) is 4.98. The van der Waals surface area contributed by atoms with Gasteiger partial charge in [0.15, 0.2) is 0 Å². The first-order chi connectivity index (χ1) is 8.35. The predicted octanol–water partition coefficient (Wildman–Crippen LogP) is 1.78. The van der Waals surface area contributed by atoms with Crippen LogP contribution in [0.2, 0.25) is 0 Å². The minimum atomic E-state index is 0.149. The standard InChI is InChI=1S/C11H13N3O2S/c1-17-11-14-13-10(16-11)8-4-2-6-12-9(8)5-3-7-15/h2,4,6,15H,3,5,7H2,1H3. The Labute approximate surface area is 103 Å². The molecule has 0 unspecified atom stereocenters. The monoisotopic (exact) mass is 251 g/mol. The molecule has 2 rings (SSSR count). The molecule has 0 aliphatic carbocycles. The molecule has 1 N–H and O–H groups in total. The topological polar surface area (TPSA) is 72.0 Å². The number of aliphatic hydroxyl groups excluding tert-OH is 1. The average Bonchev–Trinajstić information content (AvgIpc) is 2.85. The van der Waals surface area contributed by atoms with E-state index in [-0.39, 0.29) is 6.61 Å².